The second-order valence-electron chi connectivity index (χ2n) is 6.77. The number of para-hydroxylation sites is 1. The summed E-state index contributed by atoms with van der Waals surface area (Å²) in [6, 6.07) is 15.9. The van der Waals surface area contributed by atoms with Crippen LogP contribution in [0.4, 0.5) is 11.4 Å². The summed E-state index contributed by atoms with van der Waals surface area (Å²) in [5, 5.41) is 2.85. The molecule has 28 heavy (non-hydrogen) atoms. The highest BCUT2D eigenvalue weighted by molar-refractivity contribution is 7.90. The van der Waals surface area contributed by atoms with Crippen LogP contribution in [0, 0.1) is 5.92 Å². The molecule has 2 N–H and O–H groups in total. The molecule has 0 bridgehead atoms. The Morgan fingerprint density at radius 2 is 1.57 bits per heavy atom. The van der Waals surface area contributed by atoms with Crippen molar-refractivity contribution in [1.29, 1.82) is 0 Å². The SMILES string of the molecule is CC(=O)NS(=O)(=O)c1ccc(NC(=O)C2CCN(c3ccccc3)CC2)cc1. The highest BCUT2D eigenvalue weighted by Crippen LogP contribution is 2.24. The fourth-order valence-corrected chi connectivity index (χ4v) is 4.24. The van der Waals surface area contributed by atoms with Crippen LogP contribution in [0.1, 0.15) is 19.8 Å². The molecule has 2 amide bonds. The van der Waals surface area contributed by atoms with E-state index in [0.717, 1.165) is 38.5 Å². The second-order valence-corrected chi connectivity index (χ2v) is 8.45. The lowest BCUT2D eigenvalue weighted by molar-refractivity contribution is -0.120. The molecule has 1 aliphatic rings. The van der Waals surface area contributed by atoms with Gasteiger partial charge in [0.05, 0.1) is 4.90 Å². The lowest BCUT2D eigenvalue weighted by atomic mass is 9.95. The van der Waals surface area contributed by atoms with Crippen molar-refractivity contribution in [2.24, 2.45) is 5.92 Å². The molecule has 1 fully saturated rings. The van der Waals surface area contributed by atoms with Crippen LogP contribution in [-0.2, 0) is 19.6 Å². The zero-order valence-electron chi connectivity index (χ0n) is 15.6. The third kappa shape index (κ3) is 4.89. The van der Waals surface area contributed by atoms with Crippen molar-refractivity contribution in [3.05, 3.63) is 54.6 Å². The zero-order valence-corrected chi connectivity index (χ0v) is 16.4. The van der Waals surface area contributed by atoms with Gasteiger partial charge in [0.2, 0.25) is 11.8 Å². The van der Waals surface area contributed by atoms with Crippen LogP contribution in [0.25, 0.3) is 0 Å². The summed E-state index contributed by atoms with van der Waals surface area (Å²) in [7, 11) is -3.88. The number of carbonyl (C=O) groups excluding carboxylic acids is 2. The average Bonchev–Trinajstić information content (AvgIpc) is 2.68. The summed E-state index contributed by atoms with van der Waals surface area (Å²) in [4.78, 5) is 25.8. The van der Waals surface area contributed by atoms with E-state index >= 15 is 0 Å². The molecule has 0 aliphatic carbocycles. The molecule has 0 spiro atoms. The minimum Gasteiger partial charge on any atom is -0.371 e. The minimum absolute atomic E-state index is 0.0307. The first kappa shape index (κ1) is 19.9. The molecule has 7 nitrogen and oxygen atoms in total. The number of amides is 2. The molecule has 3 rings (SSSR count). The molecule has 2 aromatic rings. The average molecular weight is 401 g/mol. The number of piperidine rings is 1. The van der Waals surface area contributed by atoms with Gasteiger partial charge in [0.25, 0.3) is 10.0 Å². The van der Waals surface area contributed by atoms with E-state index in [9.17, 15) is 18.0 Å². The van der Waals surface area contributed by atoms with Crippen LogP contribution < -0.4 is 14.9 Å². The number of nitrogens with zero attached hydrogens (tertiary/aromatic N) is 1. The predicted octanol–water partition coefficient (Wildman–Crippen LogP) is 2.37. The van der Waals surface area contributed by atoms with Gasteiger partial charge < -0.3 is 10.2 Å². The minimum atomic E-state index is -3.88. The van der Waals surface area contributed by atoms with E-state index in [0.29, 0.717) is 5.69 Å². The fraction of sp³-hybridized carbons (Fsp3) is 0.300. The van der Waals surface area contributed by atoms with Crippen molar-refractivity contribution >= 4 is 33.2 Å². The van der Waals surface area contributed by atoms with Crippen LogP contribution >= 0.6 is 0 Å². The van der Waals surface area contributed by atoms with Crippen LogP contribution in [0.3, 0.4) is 0 Å². The first-order valence-electron chi connectivity index (χ1n) is 9.09. The summed E-state index contributed by atoms with van der Waals surface area (Å²) < 4.78 is 25.8. The third-order valence-electron chi connectivity index (χ3n) is 4.70. The third-order valence-corrected chi connectivity index (χ3v) is 6.15. The molecule has 1 aliphatic heterocycles. The van der Waals surface area contributed by atoms with Gasteiger partial charge in [0.1, 0.15) is 0 Å². The van der Waals surface area contributed by atoms with Gasteiger partial charge in [-0.3, -0.25) is 9.59 Å². The van der Waals surface area contributed by atoms with Gasteiger partial charge in [-0.25, -0.2) is 13.1 Å². The molecule has 148 valence electrons. The molecule has 0 atom stereocenters. The molecular weight excluding hydrogens is 378 g/mol. The quantitative estimate of drug-likeness (QED) is 0.802. The molecule has 1 heterocycles. The molecule has 1 saturated heterocycles. The van der Waals surface area contributed by atoms with Gasteiger partial charge in [0, 0.05) is 37.3 Å². The smallest absolute Gasteiger partial charge is 0.264 e. The Hall–Kier alpha value is -2.87. The lowest BCUT2D eigenvalue weighted by Gasteiger charge is -2.33. The lowest BCUT2D eigenvalue weighted by Crippen LogP contribution is -2.38. The first-order valence-corrected chi connectivity index (χ1v) is 10.6. The number of hydrogen-bond donors (Lipinski definition) is 2. The van der Waals surface area contributed by atoms with Gasteiger partial charge in [-0.15, -0.1) is 0 Å². The number of sulfonamides is 1. The maximum Gasteiger partial charge on any atom is 0.264 e. The van der Waals surface area contributed by atoms with E-state index in [1.165, 1.54) is 24.3 Å². The van der Waals surface area contributed by atoms with Gasteiger partial charge in [-0.05, 0) is 49.2 Å². The Kier molecular flexibility index (Phi) is 5.99. The maximum atomic E-state index is 12.5. The van der Waals surface area contributed by atoms with Gasteiger partial charge >= 0.3 is 0 Å². The van der Waals surface area contributed by atoms with Gasteiger partial charge in [-0.1, -0.05) is 18.2 Å². The van der Waals surface area contributed by atoms with E-state index in [1.807, 2.05) is 22.9 Å². The Labute approximate surface area is 164 Å². The monoisotopic (exact) mass is 401 g/mol. The van der Waals surface area contributed by atoms with Gasteiger partial charge in [-0.2, -0.15) is 0 Å². The van der Waals surface area contributed by atoms with Gasteiger partial charge in [0.15, 0.2) is 0 Å². The Morgan fingerprint density at radius 3 is 2.14 bits per heavy atom. The number of hydrogen-bond acceptors (Lipinski definition) is 5. The first-order chi connectivity index (χ1) is 13.3. The summed E-state index contributed by atoms with van der Waals surface area (Å²) in [5.41, 5.74) is 1.69. The Morgan fingerprint density at radius 1 is 0.964 bits per heavy atom. The van der Waals surface area contributed by atoms with Crippen molar-refractivity contribution in [2.45, 2.75) is 24.7 Å². The number of nitrogens with one attached hydrogen (secondary N) is 2. The topological polar surface area (TPSA) is 95.6 Å². The van der Waals surface area contributed by atoms with E-state index in [-0.39, 0.29) is 16.7 Å². The second kappa shape index (κ2) is 8.43. The van der Waals surface area contributed by atoms with E-state index < -0.39 is 15.9 Å². The Balaban J connectivity index is 1.56. The van der Waals surface area contributed by atoms with E-state index in [4.69, 9.17) is 0 Å². The number of anilines is 2. The number of rotatable bonds is 5. The van der Waals surface area contributed by atoms with E-state index in [1.54, 1.807) is 0 Å². The highest BCUT2D eigenvalue weighted by Gasteiger charge is 2.25. The summed E-state index contributed by atoms with van der Waals surface area (Å²) in [6.07, 6.45) is 1.52. The number of benzene rings is 2. The molecule has 0 radical (unpaired) electrons. The van der Waals surface area contributed by atoms with Crippen LogP contribution in [0.5, 0.6) is 0 Å². The molecule has 0 unspecified atom stereocenters. The van der Waals surface area contributed by atoms with Crippen LogP contribution in [-0.4, -0.2) is 33.3 Å². The summed E-state index contributed by atoms with van der Waals surface area (Å²) >= 11 is 0. The van der Waals surface area contributed by atoms with Crippen molar-refractivity contribution in [2.75, 3.05) is 23.3 Å². The van der Waals surface area contributed by atoms with Crippen molar-refractivity contribution in [3.8, 4) is 0 Å². The largest absolute Gasteiger partial charge is 0.371 e. The highest BCUT2D eigenvalue weighted by atomic mass is 32.2. The Bertz CT molecular complexity index is 935. The number of carbonyl (C=O) groups is 2. The van der Waals surface area contributed by atoms with Crippen molar-refractivity contribution in [1.82, 2.24) is 4.72 Å². The normalized spacial score (nSPS) is 15.1. The van der Waals surface area contributed by atoms with Crippen LogP contribution in [0.2, 0.25) is 0 Å². The standard InChI is InChI=1S/C20H23N3O4S/c1-15(24)22-28(26,27)19-9-7-17(8-10-19)21-20(25)16-11-13-23(14-12-16)18-5-3-2-4-6-18/h2-10,16H,11-14H2,1H3,(H,21,25)(H,22,24). The molecule has 2 aromatic carbocycles. The molecular formula is C20H23N3O4S. The molecule has 8 heteroatoms. The summed E-state index contributed by atoms with van der Waals surface area (Å²) in [5.74, 6) is -0.799. The predicted molar refractivity (Wildman–Crippen MR) is 107 cm³/mol. The molecule has 0 saturated carbocycles. The van der Waals surface area contributed by atoms with E-state index in [2.05, 4.69) is 22.3 Å². The molecule has 0 aromatic heterocycles. The van der Waals surface area contributed by atoms with Crippen molar-refractivity contribution < 1.29 is 18.0 Å². The maximum absolute atomic E-state index is 12.5. The summed E-state index contributed by atoms with van der Waals surface area (Å²) in [6.45, 7) is 2.77. The zero-order chi connectivity index (χ0) is 20.1. The van der Waals surface area contributed by atoms with Crippen LogP contribution in [0.15, 0.2) is 59.5 Å². The van der Waals surface area contributed by atoms with Crippen molar-refractivity contribution in [3.63, 3.8) is 0 Å². The fourth-order valence-electron chi connectivity index (χ4n) is 3.25.